The molecule has 9 nitrogen and oxygen atoms in total. The number of β-amino-alcohol motifs (C(OH)–C–C–N with tert-alkyl or cyclic N) is 1. The number of nitrogens with zero attached hydrogens (tertiary/aromatic N) is 1. The number of urea groups is 1. The Morgan fingerprint density at radius 1 is 1.13 bits per heavy atom. The van der Waals surface area contributed by atoms with Crippen molar-refractivity contribution >= 4 is 29.3 Å². The van der Waals surface area contributed by atoms with E-state index in [-0.39, 0.29) is 48.9 Å². The van der Waals surface area contributed by atoms with Gasteiger partial charge in [-0.1, -0.05) is 19.3 Å². The summed E-state index contributed by atoms with van der Waals surface area (Å²) >= 11 is 0. The van der Waals surface area contributed by atoms with Gasteiger partial charge in [-0.15, -0.1) is 0 Å². The van der Waals surface area contributed by atoms with Crippen molar-refractivity contribution in [2.24, 2.45) is 0 Å². The highest BCUT2D eigenvalue weighted by molar-refractivity contribution is 6.08. The molecule has 0 radical (unpaired) electrons. The Morgan fingerprint density at radius 2 is 1.80 bits per heavy atom. The normalized spacial score (nSPS) is 17.1. The Bertz CT molecular complexity index is 815. The SMILES string of the molecule is COC(=O)C1=C(Nc2ccc(NC(=O)NC3CCCCC3)cc2)C(=O)N(CCO)C1. The number of nitrogens with one attached hydrogen (secondary N) is 3. The molecule has 3 rings (SSSR count). The second-order valence-electron chi connectivity index (χ2n) is 7.43. The van der Waals surface area contributed by atoms with Gasteiger partial charge in [-0.25, -0.2) is 9.59 Å². The average molecular weight is 416 g/mol. The highest BCUT2D eigenvalue weighted by Gasteiger charge is 2.34. The third kappa shape index (κ3) is 5.29. The number of amides is 3. The average Bonchev–Trinajstić information content (AvgIpc) is 3.05. The summed E-state index contributed by atoms with van der Waals surface area (Å²) in [6.45, 7) is 0.00953. The van der Waals surface area contributed by atoms with Crippen molar-refractivity contribution in [1.29, 1.82) is 0 Å². The van der Waals surface area contributed by atoms with Gasteiger partial charge >= 0.3 is 12.0 Å². The molecule has 0 saturated heterocycles. The zero-order valence-electron chi connectivity index (χ0n) is 17.1. The lowest BCUT2D eigenvalue weighted by Crippen LogP contribution is -2.38. The van der Waals surface area contributed by atoms with Gasteiger partial charge in [-0.3, -0.25) is 4.79 Å². The second kappa shape index (κ2) is 10.1. The summed E-state index contributed by atoms with van der Waals surface area (Å²) < 4.78 is 4.77. The maximum atomic E-state index is 12.6. The molecule has 3 amide bonds. The van der Waals surface area contributed by atoms with Gasteiger partial charge in [0.15, 0.2) is 0 Å². The first-order chi connectivity index (χ1) is 14.5. The summed E-state index contributed by atoms with van der Waals surface area (Å²) in [6, 6.07) is 6.83. The van der Waals surface area contributed by atoms with Gasteiger partial charge in [0.1, 0.15) is 5.70 Å². The van der Waals surface area contributed by atoms with Crippen LogP contribution in [0.1, 0.15) is 32.1 Å². The van der Waals surface area contributed by atoms with Crippen LogP contribution in [0.3, 0.4) is 0 Å². The minimum Gasteiger partial charge on any atom is -0.466 e. The van der Waals surface area contributed by atoms with Crippen LogP contribution in [0.2, 0.25) is 0 Å². The van der Waals surface area contributed by atoms with E-state index in [0.29, 0.717) is 11.4 Å². The number of rotatable bonds is 7. The summed E-state index contributed by atoms with van der Waals surface area (Å²) in [4.78, 5) is 38.1. The van der Waals surface area contributed by atoms with Gasteiger partial charge in [0.2, 0.25) is 0 Å². The number of benzene rings is 1. The van der Waals surface area contributed by atoms with E-state index >= 15 is 0 Å². The predicted octanol–water partition coefficient (Wildman–Crippen LogP) is 1.81. The first-order valence-corrected chi connectivity index (χ1v) is 10.2. The summed E-state index contributed by atoms with van der Waals surface area (Å²) in [7, 11) is 1.25. The van der Waals surface area contributed by atoms with Crippen LogP contribution in [0, 0.1) is 0 Å². The van der Waals surface area contributed by atoms with E-state index in [1.165, 1.54) is 18.4 Å². The van der Waals surface area contributed by atoms with Gasteiger partial charge in [-0.2, -0.15) is 0 Å². The van der Waals surface area contributed by atoms with Crippen LogP contribution in [0.4, 0.5) is 16.2 Å². The van der Waals surface area contributed by atoms with Crippen molar-refractivity contribution in [2.45, 2.75) is 38.1 Å². The van der Waals surface area contributed by atoms with E-state index in [2.05, 4.69) is 16.0 Å². The molecule has 0 unspecified atom stereocenters. The van der Waals surface area contributed by atoms with E-state index in [1.807, 2.05) is 0 Å². The zero-order valence-corrected chi connectivity index (χ0v) is 17.1. The van der Waals surface area contributed by atoms with E-state index < -0.39 is 5.97 Å². The fraction of sp³-hybridized carbons (Fsp3) is 0.476. The number of hydrogen-bond donors (Lipinski definition) is 4. The molecule has 2 aliphatic rings. The molecule has 1 heterocycles. The molecule has 1 aromatic rings. The monoisotopic (exact) mass is 416 g/mol. The second-order valence-corrected chi connectivity index (χ2v) is 7.43. The summed E-state index contributed by atoms with van der Waals surface area (Å²) in [5.74, 6) is -0.970. The van der Waals surface area contributed by atoms with Crippen LogP contribution < -0.4 is 16.0 Å². The number of methoxy groups -OCH3 is 1. The van der Waals surface area contributed by atoms with Crippen molar-refractivity contribution in [3.05, 3.63) is 35.5 Å². The highest BCUT2D eigenvalue weighted by Crippen LogP contribution is 2.24. The Hall–Kier alpha value is -3.07. The molecule has 4 N–H and O–H groups in total. The number of aliphatic hydroxyl groups excluding tert-OH is 1. The van der Waals surface area contributed by atoms with Crippen molar-refractivity contribution in [1.82, 2.24) is 10.2 Å². The number of aliphatic hydroxyl groups is 1. The number of carbonyl (C=O) groups is 3. The number of esters is 1. The number of carbonyl (C=O) groups excluding carboxylic acids is 3. The molecule has 1 aliphatic heterocycles. The van der Waals surface area contributed by atoms with Gasteiger partial charge < -0.3 is 30.7 Å². The molecule has 30 heavy (non-hydrogen) atoms. The van der Waals surface area contributed by atoms with Crippen molar-refractivity contribution in [2.75, 3.05) is 37.4 Å². The molecule has 162 valence electrons. The number of ether oxygens (including phenoxy) is 1. The molecule has 1 fully saturated rings. The van der Waals surface area contributed by atoms with Crippen molar-refractivity contribution in [3.8, 4) is 0 Å². The highest BCUT2D eigenvalue weighted by atomic mass is 16.5. The molecule has 0 bridgehead atoms. The van der Waals surface area contributed by atoms with Gasteiger partial charge in [0.25, 0.3) is 5.91 Å². The van der Waals surface area contributed by atoms with Crippen LogP contribution >= 0.6 is 0 Å². The maximum Gasteiger partial charge on any atom is 0.337 e. The quantitative estimate of drug-likeness (QED) is 0.503. The summed E-state index contributed by atoms with van der Waals surface area (Å²) in [5, 5.41) is 17.9. The molecule has 0 atom stereocenters. The first-order valence-electron chi connectivity index (χ1n) is 10.2. The van der Waals surface area contributed by atoms with Crippen LogP contribution in [0.5, 0.6) is 0 Å². The topological polar surface area (TPSA) is 120 Å². The zero-order chi connectivity index (χ0) is 21.5. The number of anilines is 2. The van der Waals surface area contributed by atoms with Crippen LogP contribution in [-0.2, 0) is 14.3 Å². The molecule has 9 heteroatoms. The minimum atomic E-state index is -0.594. The van der Waals surface area contributed by atoms with E-state index in [4.69, 9.17) is 9.84 Å². The van der Waals surface area contributed by atoms with Crippen LogP contribution in [-0.4, -0.2) is 60.8 Å². The molecule has 0 spiro atoms. The third-order valence-corrected chi connectivity index (χ3v) is 5.31. The molecule has 1 saturated carbocycles. The molecule has 0 aromatic heterocycles. The van der Waals surface area contributed by atoms with E-state index in [9.17, 15) is 14.4 Å². The predicted molar refractivity (Wildman–Crippen MR) is 112 cm³/mol. The van der Waals surface area contributed by atoms with Crippen molar-refractivity contribution < 1.29 is 24.2 Å². The van der Waals surface area contributed by atoms with Crippen LogP contribution in [0.25, 0.3) is 0 Å². The van der Waals surface area contributed by atoms with E-state index in [0.717, 1.165) is 25.7 Å². The lowest BCUT2D eigenvalue weighted by molar-refractivity contribution is -0.136. The number of hydrogen-bond acceptors (Lipinski definition) is 6. The smallest absolute Gasteiger partial charge is 0.337 e. The minimum absolute atomic E-state index is 0.0787. The Kier molecular flexibility index (Phi) is 7.29. The molecular weight excluding hydrogens is 388 g/mol. The molecular formula is C21H28N4O5. The lowest BCUT2D eigenvalue weighted by atomic mass is 9.96. The lowest BCUT2D eigenvalue weighted by Gasteiger charge is -2.22. The fourth-order valence-corrected chi connectivity index (χ4v) is 3.73. The van der Waals surface area contributed by atoms with E-state index in [1.54, 1.807) is 24.3 Å². The Morgan fingerprint density at radius 3 is 2.43 bits per heavy atom. The largest absolute Gasteiger partial charge is 0.466 e. The van der Waals surface area contributed by atoms with Gasteiger partial charge in [0.05, 0.1) is 25.8 Å². The maximum absolute atomic E-state index is 12.6. The Balaban J connectivity index is 1.63. The summed E-state index contributed by atoms with van der Waals surface area (Å²) in [5.41, 5.74) is 1.55. The van der Waals surface area contributed by atoms with Gasteiger partial charge in [0, 0.05) is 24.0 Å². The Labute approximate surface area is 175 Å². The molecule has 1 aromatic carbocycles. The van der Waals surface area contributed by atoms with Crippen LogP contribution in [0.15, 0.2) is 35.5 Å². The third-order valence-electron chi connectivity index (χ3n) is 5.31. The first kappa shape index (κ1) is 21.6. The molecule has 1 aliphatic carbocycles. The fourth-order valence-electron chi connectivity index (χ4n) is 3.73. The summed E-state index contributed by atoms with van der Waals surface area (Å²) in [6.07, 6.45) is 5.53. The van der Waals surface area contributed by atoms with Crippen molar-refractivity contribution in [3.63, 3.8) is 0 Å². The van der Waals surface area contributed by atoms with Gasteiger partial charge in [-0.05, 0) is 37.1 Å². The standard InChI is InChI=1S/C21H28N4O5/c1-30-20(28)17-13-25(11-12-26)19(27)18(17)22-15-7-9-16(10-8-15)24-21(29)23-14-5-3-2-4-6-14/h7-10,14,22,26H,2-6,11-13H2,1H3,(H2,23,24,29).